The maximum atomic E-state index is 13.0. The third kappa shape index (κ3) is 3.35. The number of fused-ring (bicyclic) bond motifs is 1. The Morgan fingerprint density at radius 1 is 1.11 bits per heavy atom. The highest BCUT2D eigenvalue weighted by atomic mass is 35.5. The van der Waals surface area contributed by atoms with Crippen LogP contribution in [0.5, 0.6) is 5.75 Å². The van der Waals surface area contributed by atoms with Gasteiger partial charge in [0.2, 0.25) is 0 Å². The van der Waals surface area contributed by atoms with Crippen molar-refractivity contribution in [1.82, 2.24) is 4.90 Å². The number of benzene rings is 2. The van der Waals surface area contributed by atoms with E-state index in [0.29, 0.717) is 33.9 Å². The first-order valence-corrected chi connectivity index (χ1v) is 9.58. The monoisotopic (exact) mass is 383 g/mol. The van der Waals surface area contributed by atoms with Gasteiger partial charge >= 0.3 is 0 Å². The fourth-order valence-corrected chi connectivity index (χ4v) is 3.90. The minimum atomic E-state index is -0.00785. The molecule has 4 rings (SSSR count). The molecule has 0 unspecified atom stereocenters. The first-order valence-electron chi connectivity index (χ1n) is 9.20. The Hall–Kier alpha value is -2.30. The molecule has 1 aliphatic heterocycles. The van der Waals surface area contributed by atoms with Crippen molar-refractivity contribution >= 4 is 22.6 Å². The number of likely N-dealkylation sites (tertiary alicyclic amines) is 1. The Bertz CT molecular complexity index is 1030. The van der Waals surface area contributed by atoms with Gasteiger partial charge in [-0.05, 0) is 69.3 Å². The Morgan fingerprint density at radius 3 is 2.48 bits per heavy atom. The molecular formula is C22H22ClNO3. The SMILES string of the molecule is COc1ccc2c(=O)c(C)c(-c3ccc(Cl)cc3)oc2c1CN1CCCC1. The second kappa shape index (κ2) is 7.37. The van der Waals surface area contributed by atoms with Crippen LogP contribution in [-0.4, -0.2) is 25.1 Å². The third-order valence-corrected chi connectivity index (χ3v) is 5.51. The molecule has 0 saturated carbocycles. The zero-order chi connectivity index (χ0) is 19.0. The highest BCUT2D eigenvalue weighted by Crippen LogP contribution is 2.33. The van der Waals surface area contributed by atoms with Gasteiger partial charge in [-0.2, -0.15) is 0 Å². The van der Waals surface area contributed by atoms with Gasteiger partial charge in [-0.3, -0.25) is 9.69 Å². The van der Waals surface area contributed by atoms with E-state index in [4.69, 9.17) is 20.8 Å². The molecule has 0 aliphatic carbocycles. The Balaban J connectivity index is 1.94. The Labute approximate surface area is 163 Å². The molecule has 0 atom stereocenters. The van der Waals surface area contributed by atoms with Crippen LogP contribution < -0.4 is 10.2 Å². The third-order valence-electron chi connectivity index (χ3n) is 5.25. The summed E-state index contributed by atoms with van der Waals surface area (Å²) in [4.78, 5) is 15.4. The first kappa shape index (κ1) is 18.1. The van der Waals surface area contributed by atoms with E-state index in [2.05, 4.69) is 4.90 Å². The molecule has 1 aliphatic rings. The summed E-state index contributed by atoms with van der Waals surface area (Å²) in [6, 6.07) is 11.0. The minimum Gasteiger partial charge on any atom is -0.496 e. The Kier molecular flexibility index (Phi) is 4.94. The van der Waals surface area contributed by atoms with Crippen LogP contribution in [0.2, 0.25) is 5.02 Å². The van der Waals surface area contributed by atoms with Crippen LogP contribution in [0.1, 0.15) is 24.0 Å². The van der Waals surface area contributed by atoms with E-state index < -0.39 is 0 Å². The van der Waals surface area contributed by atoms with Crippen molar-refractivity contribution in [2.24, 2.45) is 0 Å². The second-order valence-electron chi connectivity index (χ2n) is 7.00. The van der Waals surface area contributed by atoms with E-state index in [9.17, 15) is 4.79 Å². The summed E-state index contributed by atoms with van der Waals surface area (Å²) < 4.78 is 11.9. The van der Waals surface area contributed by atoms with Crippen molar-refractivity contribution in [3.05, 3.63) is 62.8 Å². The van der Waals surface area contributed by atoms with E-state index in [1.54, 1.807) is 32.2 Å². The molecule has 0 radical (unpaired) electrons. The first-order chi connectivity index (χ1) is 13.1. The fraction of sp³-hybridized carbons (Fsp3) is 0.318. The average molecular weight is 384 g/mol. The molecule has 1 fully saturated rings. The molecule has 2 aromatic carbocycles. The predicted molar refractivity (Wildman–Crippen MR) is 109 cm³/mol. The van der Waals surface area contributed by atoms with Crippen LogP contribution in [0.25, 0.3) is 22.3 Å². The molecule has 0 bridgehead atoms. The molecule has 0 amide bonds. The van der Waals surface area contributed by atoms with E-state index in [1.807, 2.05) is 18.2 Å². The number of rotatable bonds is 4. The van der Waals surface area contributed by atoms with Gasteiger partial charge in [-0.1, -0.05) is 11.6 Å². The lowest BCUT2D eigenvalue weighted by Gasteiger charge is -2.19. The van der Waals surface area contributed by atoms with Crippen molar-refractivity contribution < 1.29 is 9.15 Å². The van der Waals surface area contributed by atoms with Crippen LogP contribution in [0.15, 0.2) is 45.6 Å². The van der Waals surface area contributed by atoms with E-state index in [0.717, 1.165) is 30.0 Å². The number of hydrogen-bond donors (Lipinski definition) is 0. The molecular weight excluding hydrogens is 362 g/mol. The zero-order valence-electron chi connectivity index (χ0n) is 15.5. The van der Waals surface area contributed by atoms with Gasteiger partial charge in [-0.25, -0.2) is 0 Å². The molecule has 140 valence electrons. The lowest BCUT2D eigenvalue weighted by molar-refractivity contribution is 0.320. The molecule has 5 heteroatoms. The summed E-state index contributed by atoms with van der Waals surface area (Å²) in [7, 11) is 1.65. The maximum Gasteiger partial charge on any atom is 0.196 e. The van der Waals surface area contributed by atoms with Crippen LogP contribution in [0.4, 0.5) is 0 Å². The molecule has 1 saturated heterocycles. The fourth-order valence-electron chi connectivity index (χ4n) is 3.77. The molecule has 3 aromatic rings. The van der Waals surface area contributed by atoms with E-state index >= 15 is 0 Å². The van der Waals surface area contributed by atoms with Gasteiger partial charge in [0.15, 0.2) is 5.43 Å². The van der Waals surface area contributed by atoms with Gasteiger partial charge in [-0.15, -0.1) is 0 Å². The second-order valence-corrected chi connectivity index (χ2v) is 7.43. The highest BCUT2D eigenvalue weighted by Gasteiger charge is 2.21. The largest absolute Gasteiger partial charge is 0.496 e. The lowest BCUT2D eigenvalue weighted by Crippen LogP contribution is -2.19. The summed E-state index contributed by atoms with van der Waals surface area (Å²) in [6.45, 7) is 4.63. The highest BCUT2D eigenvalue weighted by molar-refractivity contribution is 6.30. The van der Waals surface area contributed by atoms with Crippen LogP contribution >= 0.6 is 11.6 Å². The molecule has 0 spiro atoms. The van der Waals surface area contributed by atoms with E-state index in [1.165, 1.54) is 12.8 Å². The average Bonchev–Trinajstić information content (AvgIpc) is 3.19. The van der Waals surface area contributed by atoms with E-state index in [-0.39, 0.29) is 5.43 Å². The molecule has 4 nitrogen and oxygen atoms in total. The zero-order valence-corrected chi connectivity index (χ0v) is 16.3. The normalized spacial score (nSPS) is 14.8. The predicted octanol–water partition coefficient (Wildman–Crippen LogP) is 5.03. The summed E-state index contributed by atoms with van der Waals surface area (Å²) in [5, 5.41) is 1.25. The molecule has 27 heavy (non-hydrogen) atoms. The minimum absolute atomic E-state index is 0.00785. The topological polar surface area (TPSA) is 42.7 Å². The smallest absolute Gasteiger partial charge is 0.196 e. The molecule has 2 heterocycles. The summed E-state index contributed by atoms with van der Waals surface area (Å²) >= 11 is 6.01. The molecule has 1 aromatic heterocycles. The standard InChI is InChI=1S/C22H22ClNO3/c1-14-20(25)17-9-10-19(26-2)18(13-24-11-3-4-12-24)22(17)27-21(14)15-5-7-16(23)8-6-15/h5-10H,3-4,11-13H2,1-2H3. The van der Waals surface area contributed by atoms with Gasteiger partial charge in [0, 0.05) is 22.7 Å². The number of ether oxygens (including phenoxy) is 1. The van der Waals surface area contributed by atoms with Crippen molar-refractivity contribution in [1.29, 1.82) is 0 Å². The van der Waals surface area contributed by atoms with Gasteiger partial charge in [0.1, 0.15) is 17.1 Å². The number of hydrogen-bond acceptors (Lipinski definition) is 4. The number of halogens is 1. The van der Waals surface area contributed by atoms with Crippen molar-refractivity contribution in [2.75, 3.05) is 20.2 Å². The number of methoxy groups -OCH3 is 1. The van der Waals surface area contributed by atoms with Crippen molar-refractivity contribution in [2.45, 2.75) is 26.3 Å². The van der Waals surface area contributed by atoms with Gasteiger partial charge in [0.25, 0.3) is 0 Å². The van der Waals surface area contributed by atoms with Gasteiger partial charge < -0.3 is 9.15 Å². The van der Waals surface area contributed by atoms with Crippen LogP contribution in [-0.2, 0) is 6.54 Å². The summed E-state index contributed by atoms with van der Waals surface area (Å²) in [6.07, 6.45) is 2.40. The molecule has 0 N–H and O–H groups in total. The van der Waals surface area contributed by atoms with Gasteiger partial charge in [0.05, 0.1) is 18.1 Å². The number of nitrogens with zero attached hydrogens (tertiary/aromatic N) is 1. The van der Waals surface area contributed by atoms with Crippen molar-refractivity contribution in [3.8, 4) is 17.1 Å². The van der Waals surface area contributed by atoms with Crippen LogP contribution in [0, 0.1) is 6.92 Å². The van der Waals surface area contributed by atoms with Crippen molar-refractivity contribution in [3.63, 3.8) is 0 Å². The summed E-state index contributed by atoms with van der Waals surface area (Å²) in [5.74, 6) is 1.34. The van der Waals surface area contributed by atoms with Crippen LogP contribution in [0.3, 0.4) is 0 Å². The maximum absolute atomic E-state index is 13.0. The lowest BCUT2D eigenvalue weighted by atomic mass is 10.0. The summed E-state index contributed by atoms with van der Waals surface area (Å²) in [5.41, 5.74) is 2.98. The quantitative estimate of drug-likeness (QED) is 0.634. The Morgan fingerprint density at radius 2 is 1.81 bits per heavy atom.